The summed E-state index contributed by atoms with van der Waals surface area (Å²) in [7, 11) is 0. The average molecular weight is 529 g/mol. The zero-order chi connectivity index (χ0) is 28.3. The van der Waals surface area contributed by atoms with Crippen molar-refractivity contribution < 1.29 is 8.98 Å². The van der Waals surface area contributed by atoms with Crippen LogP contribution in [0.15, 0.2) is 77.2 Å². The van der Waals surface area contributed by atoms with Crippen LogP contribution in [0.2, 0.25) is 0 Å². The highest BCUT2D eigenvalue weighted by Gasteiger charge is 2.24. The fraction of sp³-hybridized carbons (Fsp3) is 0.324. The van der Waals surface area contributed by atoms with Crippen LogP contribution in [0.4, 0.5) is 0 Å². The summed E-state index contributed by atoms with van der Waals surface area (Å²) >= 11 is 0. The topological polar surface area (TPSA) is 21.9 Å². The van der Waals surface area contributed by atoms with Crippen LogP contribution in [-0.4, -0.2) is 4.57 Å². The molecule has 0 aliphatic heterocycles. The lowest BCUT2D eigenvalue weighted by Crippen LogP contribution is -2.33. The molecule has 0 spiro atoms. The van der Waals surface area contributed by atoms with Crippen molar-refractivity contribution >= 4 is 33.0 Å². The van der Waals surface area contributed by atoms with Crippen LogP contribution in [0.3, 0.4) is 0 Å². The molecule has 0 radical (unpaired) electrons. The Morgan fingerprint density at radius 2 is 1.15 bits per heavy atom. The molecule has 2 aromatic heterocycles. The molecule has 0 N–H and O–H groups in total. The standard InChI is InChI=1S/C37H40N2O/c1-22(2)26-14-11-15-27(23(3)4)36(26)38-21-39(37-28(24(5)6)16-12-17-29(37)25(7)8)33-20-35-31(19-32(33)38)30-13-9-10-18-34(30)40-35/h9-20,22-25H,1-8H3. The summed E-state index contributed by atoms with van der Waals surface area (Å²) in [5.74, 6) is 1.50. The molecule has 6 rings (SSSR count). The molecule has 2 heterocycles. The third-order valence-electron chi connectivity index (χ3n) is 8.29. The van der Waals surface area contributed by atoms with Crippen LogP contribution < -0.4 is 4.57 Å². The zero-order valence-electron chi connectivity index (χ0n) is 25.0. The van der Waals surface area contributed by atoms with Crippen molar-refractivity contribution in [3.8, 4) is 11.4 Å². The second-order valence-corrected chi connectivity index (χ2v) is 12.4. The summed E-state index contributed by atoms with van der Waals surface area (Å²) < 4.78 is 11.1. The molecular weight excluding hydrogens is 488 g/mol. The van der Waals surface area contributed by atoms with E-state index in [0.717, 1.165) is 33.0 Å². The normalized spacial score (nSPS) is 12.4. The largest absolute Gasteiger partial charge is 0.457 e. The van der Waals surface area contributed by atoms with Gasteiger partial charge in [0.1, 0.15) is 11.2 Å². The van der Waals surface area contributed by atoms with Gasteiger partial charge in [-0.3, -0.25) is 9.13 Å². The minimum atomic E-state index is 0.372. The highest BCUT2D eigenvalue weighted by molar-refractivity contribution is 6.08. The molecule has 0 unspecified atom stereocenters. The first-order valence-electron chi connectivity index (χ1n) is 14.7. The molecule has 0 aliphatic rings. The Kier molecular flexibility index (Phi) is 6.57. The lowest BCUT2D eigenvalue weighted by Gasteiger charge is -2.21. The number of furan rings is 1. The van der Waals surface area contributed by atoms with Gasteiger partial charge in [-0.2, -0.15) is 0 Å². The first-order valence-corrected chi connectivity index (χ1v) is 14.7. The van der Waals surface area contributed by atoms with Gasteiger partial charge in [-0.1, -0.05) is 110 Å². The highest BCUT2D eigenvalue weighted by Crippen LogP contribution is 2.37. The quantitative estimate of drug-likeness (QED) is 0.156. The van der Waals surface area contributed by atoms with Crippen molar-refractivity contribution in [3.63, 3.8) is 0 Å². The van der Waals surface area contributed by atoms with E-state index in [-0.39, 0.29) is 0 Å². The van der Waals surface area contributed by atoms with Crippen LogP contribution in [-0.2, 0) is 0 Å². The van der Waals surface area contributed by atoms with Gasteiger partial charge in [0.2, 0.25) is 0 Å². The van der Waals surface area contributed by atoms with E-state index in [1.807, 2.05) is 6.07 Å². The molecule has 6 aromatic rings. The Morgan fingerprint density at radius 1 is 0.600 bits per heavy atom. The maximum Gasteiger partial charge on any atom is 0.269 e. The maximum absolute atomic E-state index is 6.41. The summed E-state index contributed by atoms with van der Waals surface area (Å²) in [6.45, 7) is 18.3. The molecule has 204 valence electrons. The smallest absolute Gasteiger partial charge is 0.269 e. The van der Waals surface area contributed by atoms with Crippen LogP contribution in [0.25, 0.3) is 44.3 Å². The third kappa shape index (κ3) is 4.15. The molecule has 0 fully saturated rings. The minimum Gasteiger partial charge on any atom is -0.457 e. The van der Waals surface area contributed by atoms with E-state index < -0.39 is 0 Å². The van der Waals surface area contributed by atoms with Crippen LogP contribution in [0.1, 0.15) is 101 Å². The first kappa shape index (κ1) is 26.4. The van der Waals surface area contributed by atoms with E-state index >= 15 is 0 Å². The van der Waals surface area contributed by atoms with Crippen molar-refractivity contribution in [2.45, 2.75) is 79.1 Å². The van der Waals surface area contributed by atoms with E-state index in [1.54, 1.807) is 0 Å². The average Bonchev–Trinajstić information content (AvgIpc) is 3.48. The summed E-state index contributed by atoms with van der Waals surface area (Å²) in [5, 5.41) is 2.28. The molecule has 0 aliphatic carbocycles. The lowest BCUT2D eigenvalue weighted by molar-refractivity contribution is -0.573. The molecular formula is C37H40N2O. The van der Waals surface area contributed by atoms with Crippen LogP contribution in [0, 0.1) is 6.33 Å². The van der Waals surface area contributed by atoms with Gasteiger partial charge >= 0.3 is 0 Å². The number of benzene rings is 4. The Hall–Kier alpha value is -3.85. The minimum absolute atomic E-state index is 0.372. The van der Waals surface area contributed by atoms with E-state index in [4.69, 9.17) is 4.42 Å². The van der Waals surface area contributed by atoms with Gasteiger partial charge in [-0.15, -0.1) is 0 Å². The lowest BCUT2D eigenvalue weighted by atomic mass is 9.92. The number of rotatable bonds is 6. The number of hydrogen-bond acceptors (Lipinski definition) is 1. The van der Waals surface area contributed by atoms with Gasteiger partial charge in [0, 0.05) is 10.8 Å². The molecule has 3 heteroatoms. The highest BCUT2D eigenvalue weighted by atomic mass is 16.3. The summed E-state index contributed by atoms with van der Waals surface area (Å²) in [6.07, 6.45) is 3.91. The Bertz CT molecular complexity index is 1810. The molecule has 0 saturated heterocycles. The predicted molar refractivity (Wildman–Crippen MR) is 167 cm³/mol. The number of hydrogen-bond donors (Lipinski definition) is 0. The second-order valence-electron chi connectivity index (χ2n) is 12.4. The van der Waals surface area contributed by atoms with Crippen molar-refractivity contribution in [1.29, 1.82) is 0 Å². The zero-order valence-corrected chi connectivity index (χ0v) is 25.0. The SMILES string of the molecule is CC(C)c1cccc(C(C)C)c1-n1[c-][n+](-c2c(C(C)C)cccc2C(C)C)c2cc3c(cc21)oc1ccccc13. The number of fused-ring (bicyclic) bond motifs is 4. The van der Waals surface area contributed by atoms with Gasteiger partial charge in [0.25, 0.3) is 6.33 Å². The van der Waals surface area contributed by atoms with E-state index in [1.165, 1.54) is 33.6 Å². The Labute approximate surface area is 238 Å². The van der Waals surface area contributed by atoms with E-state index in [2.05, 4.69) is 138 Å². The predicted octanol–water partition coefficient (Wildman–Crippen LogP) is 10.1. The van der Waals surface area contributed by atoms with Gasteiger partial charge in [0.15, 0.2) is 0 Å². The number of aromatic nitrogens is 2. The molecule has 0 saturated carbocycles. The van der Waals surface area contributed by atoms with Crippen LogP contribution >= 0.6 is 0 Å². The third-order valence-corrected chi connectivity index (χ3v) is 8.29. The van der Waals surface area contributed by atoms with Crippen molar-refractivity contribution in [3.05, 3.63) is 101 Å². The molecule has 0 bridgehead atoms. The molecule has 40 heavy (non-hydrogen) atoms. The van der Waals surface area contributed by atoms with Crippen molar-refractivity contribution in [2.75, 3.05) is 0 Å². The number of para-hydroxylation sites is 3. The number of imidazole rings is 1. The fourth-order valence-corrected chi connectivity index (χ4v) is 6.20. The van der Waals surface area contributed by atoms with E-state index in [0.29, 0.717) is 23.7 Å². The maximum atomic E-state index is 6.41. The van der Waals surface area contributed by atoms with Gasteiger partial charge in [-0.05, 0) is 64.1 Å². The second kappa shape index (κ2) is 9.96. The molecule has 3 nitrogen and oxygen atoms in total. The Morgan fingerprint density at radius 3 is 1.73 bits per heavy atom. The molecule has 4 aromatic carbocycles. The van der Waals surface area contributed by atoms with Gasteiger partial charge < -0.3 is 4.42 Å². The summed E-state index contributed by atoms with van der Waals surface area (Å²) in [6, 6.07) is 26.4. The Balaban J connectivity index is 1.82. The van der Waals surface area contributed by atoms with Gasteiger partial charge in [0.05, 0.1) is 22.4 Å². The molecule has 0 atom stereocenters. The monoisotopic (exact) mass is 528 g/mol. The number of nitrogens with zero attached hydrogens (tertiary/aromatic N) is 2. The molecule has 0 amide bonds. The summed E-state index contributed by atoms with van der Waals surface area (Å²) in [4.78, 5) is 0. The van der Waals surface area contributed by atoms with Crippen molar-refractivity contribution in [2.24, 2.45) is 0 Å². The van der Waals surface area contributed by atoms with Crippen LogP contribution in [0.5, 0.6) is 0 Å². The fourth-order valence-electron chi connectivity index (χ4n) is 6.20. The summed E-state index contributed by atoms with van der Waals surface area (Å²) in [5.41, 5.74) is 11.9. The van der Waals surface area contributed by atoms with Crippen molar-refractivity contribution in [1.82, 2.24) is 4.57 Å². The first-order chi connectivity index (χ1) is 19.2. The van der Waals surface area contributed by atoms with E-state index in [9.17, 15) is 0 Å². The van der Waals surface area contributed by atoms with Gasteiger partial charge in [-0.25, -0.2) is 0 Å².